The lowest BCUT2D eigenvalue weighted by atomic mass is 10.1. The minimum Gasteiger partial charge on any atom is -0.349 e. The van der Waals surface area contributed by atoms with Gasteiger partial charge in [-0.05, 0) is 26.7 Å². The SMILES string of the molecule is CCN(C)C(=O)C(C)N1CCCCC1=N. The van der Waals surface area contributed by atoms with Crippen LogP contribution < -0.4 is 0 Å². The first-order valence-electron chi connectivity index (χ1n) is 5.67. The molecule has 4 nitrogen and oxygen atoms in total. The summed E-state index contributed by atoms with van der Waals surface area (Å²) in [5.74, 6) is 0.732. The molecule has 1 saturated heterocycles. The maximum atomic E-state index is 11.9. The molecule has 0 saturated carbocycles. The Hall–Kier alpha value is -1.06. The molecule has 1 N–H and O–H groups in total. The van der Waals surface area contributed by atoms with Crippen molar-refractivity contribution in [3.05, 3.63) is 0 Å². The Kier molecular flexibility index (Phi) is 4.12. The van der Waals surface area contributed by atoms with Crippen LogP contribution in [-0.2, 0) is 4.79 Å². The lowest BCUT2D eigenvalue weighted by molar-refractivity contribution is -0.133. The highest BCUT2D eigenvalue weighted by Crippen LogP contribution is 2.15. The van der Waals surface area contributed by atoms with Crippen LogP contribution in [0.1, 0.15) is 33.1 Å². The topological polar surface area (TPSA) is 47.4 Å². The molecular formula is C11H21N3O. The zero-order valence-corrected chi connectivity index (χ0v) is 9.92. The number of likely N-dealkylation sites (tertiary alicyclic amines) is 1. The van der Waals surface area contributed by atoms with Crippen molar-refractivity contribution in [1.29, 1.82) is 5.41 Å². The first-order valence-corrected chi connectivity index (χ1v) is 5.67. The van der Waals surface area contributed by atoms with E-state index in [1.54, 1.807) is 4.90 Å². The van der Waals surface area contributed by atoms with E-state index in [1.165, 1.54) is 0 Å². The third-order valence-electron chi connectivity index (χ3n) is 3.08. The van der Waals surface area contributed by atoms with E-state index >= 15 is 0 Å². The van der Waals surface area contributed by atoms with Gasteiger partial charge in [0.15, 0.2) is 0 Å². The highest BCUT2D eigenvalue weighted by molar-refractivity contribution is 5.88. The quantitative estimate of drug-likeness (QED) is 0.765. The monoisotopic (exact) mass is 211 g/mol. The van der Waals surface area contributed by atoms with Crippen molar-refractivity contribution >= 4 is 11.7 Å². The van der Waals surface area contributed by atoms with Gasteiger partial charge >= 0.3 is 0 Å². The molecule has 1 aliphatic heterocycles. The number of hydrogen-bond donors (Lipinski definition) is 1. The Morgan fingerprint density at radius 1 is 1.60 bits per heavy atom. The molecule has 1 aliphatic rings. The summed E-state index contributed by atoms with van der Waals surface area (Å²) in [6.45, 7) is 5.44. The fourth-order valence-corrected chi connectivity index (χ4v) is 1.89. The van der Waals surface area contributed by atoms with Crippen LogP contribution in [0.4, 0.5) is 0 Å². The van der Waals surface area contributed by atoms with Gasteiger partial charge in [0, 0.05) is 26.6 Å². The molecule has 4 heteroatoms. The van der Waals surface area contributed by atoms with E-state index in [-0.39, 0.29) is 11.9 Å². The maximum absolute atomic E-state index is 11.9. The van der Waals surface area contributed by atoms with Gasteiger partial charge in [0.2, 0.25) is 5.91 Å². The summed E-state index contributed by atoms with van der Waals surface area (Å²) in [5, 5.41) is 7.82. The molecule has 1 rings (SSSR count). The standard InChI is InChI=1S/C11H21N3O/c1-4-13(3)11(15)9(2)14-8-6-5-7-10(14)12/h9,12H,4-8H2,1-3H3. The Labute approximate surface area is 91.7 Å². The third-order valence-corrected chi connectivity index (χ3v) is 3.08. The van der Waals surface area contributed by atoms with Crippen LogP contribution in [0.15, 0.2) is 0 Å². The average Bonchev–Trinajstić information content (AvgIpc) is 2.26. The van der Waals surface area contributed by atoms with Crippen molar-refractivity contribution in [3.63, 3.8) is 0 Å². The molecule has 0 aromatic carbocycles. The molecule has 0 bridgehead atoms. The summed E-state index contributed by atoms with van der Waals surface area (Å²) >= 11 is 0. The average molecular weight is 211 g/mol. The summed E-state index contributed by atoms with van der Waals surface area (Å²) in [5.41, 5.74) is 0. The summed E-state index contributed by atoms with van der Waals surface area (Å²) in [7, 11) is 1.81. The van der Waals surface area contributed by atoms with E-state index in [1.807, 2.05) is 25.8 Å². The number of hydrogen-bond acceptors (Lipinski definition) is 2. The zero-order chi connectivity index (χ0) is 11.4. The number of carbonyl (C=O) groups is 1. The first-order chi connectivity index (χ1) is 7.07. The minimum absolute atomic E-state index is 0.115. The number of likely N-dealkylation sites (N-methyl/N-ethyl adjacent to an activating group) is 1. The summed E-state index contributed by atoms with van der Waals surface area (Å²) in [6.07, 6.45) is 2.99. The van der Waals surface area contributed by atoms with Crippen molar-refractivity contribution in [1.82, 2.24) is 9.80 Å². The van der Waals surface area contributed by atoms with Gasteiger partial charge in [0.1, 0.15) is 6.04 Å². The predicted molar refractivity (Wildman–Crippen MR) is 61.1 cm³/mol. The van der Waals surface area contributed by atoms with E-state index in [9.17, 15) is 4.79 Å². The number of amidine groups is 1. The van der Waals surface area contributed by atoms with E-state index in [2.05, 4.69) is 0 Å². The molecule has 1 atom stereocenters. The Morgan fingerprint density at radius 3 is 2.80 bits per heavy atom. The Bertz CT molecular complexity index is 252. The number of amides is 1. The zero-order valence-electron chi connectivity index (χ0n) is 9.92. The van der Waals surface area contributed by atoms with E-state index in [4.69, 9.17) is 5.41 Å². The second kappa shape index (κ2) is 5.14. The van der Waals surface area contributed by atoms with Gasteiger partial charge in [-0.3, -0.25) is 10.2 Å². The number of nitrogens with zero attached hydrogens (tertiary/aromatic N) is 2. The molecule has 86 valence electrons. The first kappa shape index (κ1) is 12.0. The number of rotatable bonds is 3. The lowest BCUT2D eigenvalue weighted by Gasteiger charge is -2.35. The fourth-order valence-electron chi connectivity index (χ4n) is 1.89. The normalized spacial score (nSPS) is 18.9. The maximum Gasteiger partial charge on any atom is 0.244 e. The van der Waals surface area contributed by atoms with Crippen LogP contribution in [0.5, 0.6) is 0 Å². The molecule has 0 aliphatic carbocycles. The van der Waals surface area contributed by atoms with Gasteiger partial charge in [0.25, 0.3) is 0 Å². The second-order valence-corrected chi connectivity index (χ2v) is 4.13. The summed E-state index contributed by atoms with van der Waals surface area (Å²) in [4.78, 5) is 15.5. The van der Waals surface area contributed by atoms with Gasteiger partial charge in [0.05, 0.1) is 5.84 Å². The molecular weight excluding hydrogens is 190 g/mol. The van der Waals surface area contributed by atoms with Crippen LogP contribution in [0.2, 0.25) is 0 Å². The smallest absolute Gasteiger partial charge is 0.244 e. The minimum atomic E-state index is -0.178. The molecule has 1 fully saturated rings. The Balaban J connectivity index is 2.61. The van der Waals surface area contributed by atoms with Gasteiger partial charge in [-0.1, -0.05) is 0 Å². The second-order valence-electron chi connectivity index (χ2n) is 4.13. The summed E-state index contributed by atoms with van der Waals surface area (Å²) in [6, 6.07) is -0.178. The van der Waals surface area contributed by atoms with E-state index in [0.29, 0.717) is 5.84 Å². The van der Waals surface area contributed by atoms with Crippen LogP contribution >= 0.6 is 0 Å². The van der Waals surface area contributed by atoms with Crippen molar-refractivity contribution in [2.24, 2.45) is 0 Å². The van der Waals surface area contributed by atoms with E-state index in [0.717, 1.165) is 32.4 Å². The molecule has 0 spiro atoms. The number of nitrogens with one attached hydrogen (secondary N) is 1. The van der Waals surface area contributed by atoms with Crippen molar-refractivity contribution in [2.75, 3.05) is 20.1 Å². The van der Waals surface area contributed by atoms with Crippen molar-refractivity contribution < 1.29 is 4.79 Å². The Morgan fingerprint density at radius 2 is 2.27 bits per heavy atom. The predicted octanol–water partition coefficient (Wildman–Crippen LogP) is 1.32. The molecule has 1 amide bonds. The van der Waals surface area contributed by atoms with Gasteiger partial charge in [-0.25, -0.2) is 0 Å². The van der Waals surface area contributed by atoms with Crippen molar-refractivity contribution in [3.8, 4) is 0 Å². The summed E-state index contributed by atoms with van der Waals surface area (Å²) < 4.78 is 0. The van der Waals surface area contributed by atoms with E-state index < -0.39 is 0 Å². The van der Waals surface area contributed by atoms with Gasteiger partial charge in [-0.15, -0.1) is 0 Å². The molecule has 1 heterocycles. The van der Waals surface area contributed by atoms with Crippen LogP contribution in [0.25, 0.3) is 0 Å². The highest BCUT2D eigenvalue weighted by atomic mass is 16.2. The largest absolute Gasteiger partial charge is 0.349 e. The fraction of sp³-hybridized carbons (Fsp3) is 0.818. The molecule has 15 heavy (non-hydrogen) atoms. The van der Waals surface area contributed by atoms with Gasteiger partial charge < -0.3 is 9.80 Å². The third kappa shape index (κ3) is 2.70. The number of piperidine rings is 1. The highest BCUT2D eigenvalue weighted by Gasteiger charge is 2.26. The van der Waals surface area contributed by atoms with Crippen LogP contribution in [0.3, 0.4) is 0 Å². The van der Waals surface area contributed by atoms with Crippen LogP contribution in [0, 0.1) is 5.41 Å². The lowest BCUT2D eigenvalue weighted by Crippen LogP contribution is -2.49. The molecule has 0 aromatic heterocycles. The van der Waals surface area contributed by atoms with Crippen molar-refractivity contribution in [2.45, 2.75) is 39.2 Å². The van der Waals surface area contributed by atoms with Crippen LogP contribution in [-0.4, -0.2) is 47.7 Å². The van der Waals surface area contributed by atoms with Gasteiger partial charge in [-0.2, -0.15) is 0 Å². The molecule has 1 unspecified atom stereocenters. The molecule has 0 radical (unpaired) electrons. The molecule has 0 aromatic rings. The number of carbonyl (C=O) groups excluding carboxylic acids is 1.